The summed E-state index contributed by atoms with van der Waals surface area (Å²) < 4.78 is 0. The van der Waals surface area contributed by atoms with Crippen LogP contribution in [-0.2, 0) is 16.0 Å². The zero-order valence-corrected chi connectivity index (χ0v) is 18.1. The zero-order valence-electron chi connectivity index (χ0n) is 16.6. The molecule has 8 heteroatoms. The molecule has 0 saturated carbocycles. The molecule has 0 bridgehead atoms. The highest BCUT2D eigenvalue weighted by molar-refractivity contribution is 6.36. The number of nitrogens with zero attached hydrogens (tertiary/aromatic N) is 4. The largest absolute Gasteiger partial charge is 0.352 e. The molecular weight excluding hydrogens is 423 g/mol. The van der Waals surface area contributed by atoms with Crippen molar-refractivity contribution in [1.82, 2.24) is 14.8 Å². The van der Waals surface area contributed by atoms with Crippen molar-refractivity contribution in [3.05, 3.63) is 58.2 Å². The Morgan fingerprint density at radius 3 is 2.47 bits per heavy atom. The van der Waals surface area contributed by atoms with Gasteiger partial charge in [0.25, 0.3) is 0 Å². The topological polar surface area (TPSA) is 56.8 Å². The van der Waals surface area contributed by atoms with Gasteiger partial charge in [-0.15, -0.1) is 0 Å². The third-order valence-electron chi connectivity index (χ3n) is 5.74. The van der Waals surface area contributed by atoms with E-state index in [9.17, 15) is 9.59 Å². The van der Waals surface area contributed by atoms with E-state index in [4.69, 9.17) is 23.2 Å². The molecule has 0 N–H and O–H groups in total. The predicted molar refractivity (Wildman–Crippen MR) is 118 cm³/mol. The molecule has 0 spiro atoms. The Balaban J connectivity index is 1.36. The van der Waals surface area contributed by atoms with Crippen molar-refractivity contribution < 1.29 is 9.59 Å². The first-order valence-corrected chi connectivity index (χ1v) is 11.0. The van der Waals surface area contributed by atoms with Gasteiger partial charge in [0.2, 0.25) is 11.8 Å². The van der Waals surface area contributed by atoms with Crippen LogP contribution < -0.4 is 4.90 Å². The molecule has 30 heavy (non-hydrogen) atoms. The van der Waals surface area contributed by atoms with Gasteiger partial charge in [-0.25, -0.2) is 4.98 Å². The molecule has 2 aliphatic heterocycles. The molecule has 3 heterocycles. The van der Waals surface area contributed by atoms with Gasteiger partial charge in [0.05, 0.1) is 16.5 Å². The summed E-state index contributed by atoms with van der Waals surface area (Å²) in [5.41, 5.74) is 0.974. The third-order valence-corrected chi connectivity index (χ3v) is 6.22. The first-order chi connectivity index (χ1) is 14.5. The van der Waals surface area contributed by atoms with E-state index in [1.165, 1.54) is 0 Å². The second-order valence-corrected chi connectivity index (χ2v) is 8.52. The molecule has 0 aliphatic carbocycles. The Bertz CT molecular complexity index is 917. The van der Waals surface area contributed by atoms with Crippen LogP contribution in [-0.4, -0.2) is 65.4 Å². The fraction of sp³-hybridized carbons (Fsp3) is 0.409. The van der Waals surface area contributed by atoms with E-state index in [-0.39, 0.29) is 17.9 Å². The third kappa shape index (κ3) is 4.55. The quantitative estimate of drug-likeness (QED) is 0.722. The molecular formula is C22H24Cl2N4O2. The lowest BCUT2D eigenvalue weighted by atomic mass is 10.1. The molecule has 1 aromatic heterocycles. The van der Waals surface area contributed by atoms with Gasteiger partial charge in [-0.3, -0.25) is 9.59 Å². The lowest BCUT2D eigenvalue weighted by molar-refractivity contribution is -0.143. The van der Waals surface area contributed by atoms with E-state index in [1.807, 2.05) is 35.2 Å². The van der Waals surface area contributed by atoms with Crippen molar-refractivity contribution in [3.63, 3.8) is 0 Å². The Hall–Kier alpha value is -2.31. The van der Waals surface area contributed by atoms with Crippen molar-refractivity contribution in [3.8, 4) is 0 Å². The van der Waals surface area contributed by atoms with Gasteiger partial charge >= 0.3 is 0 Å². The van der Waals surface area contributed by atoms with E-state index in [0.29, 0.717) is 55.0 Å². The lowest BCUT2D eigenvalue weighted by Crippen LogP contribution is -2.54. The standard InChI is InChI=1S/C22H24Cl2N4O2/c23-17-14-18(24)21(25-15-17)26-9-11-27(12-10-26)22(30)19-7-4-8-28(19)20(29)13-16-5-2-1-3-6-16/h1-3,5-6,14-15,19H,4,7-13H2. The number of piperazine rings is 1. The van der Waals surface area contributed by atoms with Crippen molar-refractivity contribution in [2.45, 2.75) is 25.3 Å². The summed E-state index contributed by atoms with van der Waals surface area (Å²) in [7, 11) is 0. The fourth-order valence-electron chi connectivity index (χ4n) is 4.18. The molecule has 0 radical (unpaired) electrons. The average molecular weight is 447 g/mol. The number of rotatable bonds is 4. The van der Waals surface area contributed by atoms with E-state index in [1.54, 1.807) is 17.2 Å². The Morgan fingerprint density at radius 1 is 1.03 bits per heavy atom. The Morgan fingerprint density at radius 2 is 1.77 bits per heavy atom. The first-order valence-electron chi connectivity index (χ1n) is 10.2. The van der Waals surface area contributed by atoms with Crippen LogP contribution in [0.2, 0.25) is 10.0 Å². The van der Waals surface area contributed by atoms with Crippen LogP contribution in [0, 0.1) is 0 Å². The van der Waals surface area contributed by atoms with Crippen molar-refractivity contribution in [2.75, 3.05) is 37.6 Å². The average Bonchev–Trinajstić information content (AvgIpc) is 3.24. The minimum absolute atomic E-state index is 0.0211. The highest BCUT2D eigenvalue weighted by atomic mass is 35.5. The molecule has 2 fully saturated rings. The molecule has 2 aromatic rings. The summed E-state index contributed by atoms with van der Waals surface area (Å²) in [5, 5.41) is 1.01. The van der Waals surface area contributed by atoms with Crippen LogP contribution in [0.1, 0.15) is 18.4 Å². The lowest BCUT2D eigenvalue weighted by Gasteiger charge is -2.38. The number of benzene rings is 1. The van der Waals surface area contributed by atoms with Crippen LogP contribution in [0.3, 0.4) is 0 Å². The number of hydrogen-bond donors (Lipinski definition) is 0. The molecule has 4 rings (SSSR count). The minimum Gasteiger partial charge on any atom is -0.352 e. The number of carbonyl (C=O) groups excluding carboxylic acids is 2. The molecule has 2 saturated heterocycles. The van der Waals surface area contributed by atoms with Gasteiger partial charge < -0.3 is 14.7 Å². The van der Waals surface area contributed by atoms with E-state index < -0.39 is 0 Å². The molecule has 1 atom stereocenters. The summed E-state index contributed by atoms with van der Waals surface area (Å²) in [6.07, 6.45) is 3.50. The highest BCUT2D eigenvalue weighted by Crippen LogP contribution is 2.27. The highest BCUT2D eigenvalue weighted by Gasteiger charge is 2.37. The van der Waals surface area contributed by atoms with Crippen LogP contribution in [0.4, 0.5) is 5.82 Å². The van der Waals surface area contributed by atoms with Crippen molar-refractivity contribution in [1.29, 1.82) is 0 Å². The number of aromatic nitrogens is 1. The number of anilines is 1. The summed E-state index contributed by atoms with van der Waals surface area (Å²) >= 11 is 12.2. The number of carbonyl (C=O) groups is 2. The Kier molecular flexibility index (Phi) is 6.44. The smallest absolute Gasteiger partial charge is 0.245 e. The van der Waals surface area contributed by atoms with Crippen LogP contribution in [0.25, 0.3) is 0 Å². The van der Waals surface area contributed by atoms with Crippen LogP contribution >= 0.6 is 23.2 Å². The molecule has 1 unspecified atom stereocenters. The van der Waals surface area contributed by atoms with E-state index >= 15 is 0 Å². The van der Waals surface area contributed by atoms with Gasteiger partial charge in [-0.2, -0.15) is 0 Å². The second kappa shape index (κ2) is 9.23. The molecule has 1 aromatic carbocycles. The van der Waals surface area contributed by atoms with Crippen LogP contribution in [0.15, 0.2) is 42.6 Å². The number of hydrogen-bond acceptors (Lipinski definition) is 4. The summed E-state index contributed by atoms with van der Waals surface area (Å²) in [6.45, 7) is 3.09. The Labute approximate surface area is 186 Å². The minimum atomic E-state index is -0.356. The first kappa shape index (κ1) is 20.9. The van der Waals surface area contributed by atoms with Crippen molar-refractivity contribution >= 4 is 40.8 Å². The summed E-state index contributed by atoms with van der Waals surface area (Å²) in [4.78, 5) is 36.0. The number of likely N-dealkylation sites (tertiary alicyclic amines) is 1. The SMILES string of the molecule is O=C(C1CCCN1C(=O)Cc1ccccc1)N1CCN(c2ncc(Cl)cc2Cl)CC1. The maximum absolute atomic E-state index is 13.2. The van der Waals surface area contributed by atoms with Gasteiger partial charge in [-0.05, 0) is 24.5 Å². The number of halogens is 2. The monoisotopic (exact) mass is 446 g/mol. The maximum Gasteiger partial charge on any atom is 0.245 e. The molecule has 2 amide bonds. The number of pyridine rings is 1. The van der Waals surface area contributed by atoms with Gasteiger partial charge in [0.1, 0.15) is 11.9 Å². The van der Waals surface area contributed by atoms with Crippen LogP contribution in [0.5, 0.6) is 0 Å². The summed E-state index contributed by atoms with van der Waals surface area (Å²) in [6, 6.07) is 11.0. The van der Waals surface area contributed by atoms with E-state index in [0.717, 1.165) is 18.4 Å². The zero-order chi connectivity index (χ0) is 21.1. The van der Waals surface area contributed by atoms with Gasteiger partial charge in [-0.1, -0.05) is 53.5 Å². The predicted octanol–water partition coefficient (Wildman–Crippen LogP) is 3.27. The van der Waals surface area contributed by atoms with E-state index in [2.05, 4.69) is 9.88 Å². The fourth-order valence-corrected chi connectivity index (χ4v) is 4.68. The summed E-state index contributed by atoms with van der Waals surface area (Å²) in [5.74, 6) is 0.755. The van der Waals surface area contributed by atoms with Gasteiger partial charge in [0, 0.05) is 38.9 Å². The number of amides is 2. The van der Waals surface area contributed by atoms with Gasteiger partial charge in [0.15, 0.2) is 0 Å². The van der Waals surface area contributed by atoms with Crippen molar-refractivity contribution in [2.24, 2.45) is 0 Å². The normalized spacial score (nSPS) is 19.3. The molecule has 158 valence electrons. The molecule has 2 aliphatic rings. The molecule has 6 nitrogen and oxygen atoms in total. The maximum atomic E-state index is 13.2. The second-order valence-electron chi connectivity index (χ2n) is 7.68.